The average Bonchev–Trinajstić information content (AvgIpc) is 3.29. The molecule has 3 rings (SSSR count). The molecule has 0 saturated heterocycles. The minimum Gasteiger partial charge on any atom is -0.411 e. The number of hydrogen-bond donors (Lipinski definition) is 1. The van der Waals surface area contributed by atoms with E-state index in [1.165, 1.54) is 43.9 Å². The highest BCUT2D eigenvalue weighted by Crippen LogP contribution is 2.28. The van der Waals surface area contributed by atoms with E-state index in [1.54, 1.807) is 12.1 Å². The minimum absolute atomic E-state index is 0.00247. The smallest absolute Gasteiger partial charge is 0.277 e. The highest BCUT2D eigenvalue weighted by Gasteiger charge is 2.14. The largest absolute Gasteiger partial charge is 0.411 e. The van der Waals surface area contributed by atoms with Gasteiger partial charge >= 0.3 is 0 Å². The molecule has 1 aliphatic rings. The zero-order chi connectivity index (χ0) is 17.5. The van der Waals surface area contributed by atoms with Crippen molar-refractivity contribution >= 4 is 29.3 Å². The number of benzene rings is 1. The van der Waals surface area contributed by atoms with Crippen LogP contribution in [0.3, 0.4) is 0 Å². The van der Waals surface area contributed by atoms with Gasteiger partial charge in [0.15, 0.2) is 0 Å². The molecule has 1 fully saturated rings. The first-order valence-electron chi connectivity index (χ1n) is 8.69. The fraction of sp³-hybridized carbons (Fsp3) is 0.500. The van der Waals surface area contributed by atoms with E-state index in [9.17, 15) is 4.79 Å². The molecule has 0 atom stereocenters. The molecule has 0 aliphatic heterocycles. The van der Waals surface area contributed by atoms with Gasteiger partial charge in [0, 0.05) is 17.1 Å². The summed E-state index contributed by atoms with van der Waals surface area (Å²) >= 11 is 7.11. The molecule has 134 valence electrons. The lowest BCUT2D eigenvalue weighted by Crippen LogP contribution is -2.26. The Balaban J connectivity index is 1.36. The van der Waals surface area contributed by atoms with Crippen LogP contribution in [-0.4, -0.2) is 28.4 Å². The molecule has 1 N–H and O–H groups in total. The van der Waals surface area contributed by atoms with Gasteiger partial charge in [0.25, 0.3) is 5.22 Å². The van der Waals surface area contributed by atoms with Crippen LogP contribution in [0.1, 0.15) is 38.5 Å². The molecular weight excluding hydrogens is 358 g/mol. The molecule has 1 aliphatic carbocycles. The number of halogens is 1. The summed E-state index contributed by atoms with van der Waals surface area (Å²) in [6.07, 6.45) is 7.74. The van der Waals surface area contributed by atoms with Crippen molar-refractivity contribution in [1.82, 2.24) is 15.5 Å². The number of nitrogens with zero attached hydrogens (tertiary/aromatic N) is 2. The first-order chi connectivity index (χ1) is 12.2. The monoisotopic (exact) mass is 379 g/mol. The van der Waals surface area contributed by atoms with E-state index in [0.29, 0.717) is 16.1 Å². The van der Waals surface area contributed by atoms with Crippen LogP contribution in [0.15, 0.2) is 33.9 Å². The number of thioether (sulfide) groups is 1. The van der Waals surface area contributed by atoms with Crippen LogP contribution in [0.2, 0.25) is 5.02 Å². The standard InChI is InChI=1S/C18H22ClN3O2S/c19-15-9-7-14(8-10-15)17-21-22-18(24-17)25-12-16(23)20-11-3-6-13-4-1-2-5-13/h7-10,13H,1-6,11-12H2,(H,20,23). The number of nitrogens with one attached hydrogen (secondary N) is 1. The average molecular weight is 380 g/mol. The van der Waals surface area contributed by atoms with Gasteiger partial charge in [-0.1, -0.05) is 49.0 Å². The number of hydrogen-bond acceptors (Lipinski definition) is 5. The molecule has 0 radical (unpaired) electrons. The molecule has 7 heteroatoms. The fourth-order valence-electron chi connectivity index (χ4n) is 3.07. The molecule has 0 unspecified atom stereocenters. The second-order valence-corrected chi connectivity index (χ2v) is 7.67. The molecular formula is C18H22ClN3O2S. The van der Waals surface area contributed by atoms with Gasteiger partial charge in [-0.05, 0) is 43.0 Å². The molecule has 1 saturated carbocycles. The molecule has 0 bridgehead atoms. The molecule has 5 nitrogen and oxygen atoms in total. The number of amides is 1. The van der Waals surface area contributed by atoms with Crippen molar-refractivity contribution in [3.63, 3.8) is 0 Å². The summed E-state index contributed by atoms with van der Waals surface area (Å²) in [5, 5.41) is 12.0. The lowest BCUT2D eigenvalue weighted by Gasteiger charge is -2.08. The zero-order valence-corrected chi connectivity index (χ0v) is 15.6. The Morgan fingerprint density at radius 3 is 2.76 bits per heavy atom. The summed E-state index contributed by atoms with van der Waals surface area (Å²) in [6, 6.07) is 7.18. The summed E-state index contributed by atoms with van der Waals surface area (Å²) < 4.78 is 5.57. The van der Waals surface area contributed by atoms with Crippen molar-refractivity contribution in [2.24, 2.45) is 5.92 Å². The van der Waals surface area contributed by atoms with Crippen molar-refractivity contribution in [3.05, 3.63) is 29.3 Å². The second kappa shape index (κ2) is 9.25. The van der Waals surface area contributed by atoms with E-state index in [1.807, 2.05) is 12.1 Å². The van der Waals surface area contributed by atoms with Crippen LogP contribution in [-0.2, 0) is 4.79 Å². The van der Waals surface area contributed by atoms with E-state index in [2.05, 4.69) is 15.5 Å². The molecule has 1 aromatic heterocycles. The van der Waals surface area contributed by atoms with Gasteiger partial charge in [0.05, 0.1) is 5.75 Å². The predicted octanol–water partition coefficient (Wildman–Crippen LogP) is 4.57. The quantitative estimate of drug-likeness (QED) is 0.537. The Morgan fingerprint density at radius 1 is 1.24 bits per heavy atom. The van der Waals surface area contributed by atoms with Crippen molar-refractivity contribution in [2.45, 2.75) is 43.7 Å². The summed E-state index contributed by atoms with van der Waals surface area (Å²) in [7, 11) is 0. The summed E-state index contributed by atoms with van der Waals surface area (Å²) in [6.45, 7) is 0.746. The SMILES string of the molecule is O=C(CSc1nnc(-c2ccc(Cl)cc2)o1)NCCCC1CCCC1. The second-order valence-electron chi connectivity index (χ2n) is 6.31. The van der Waals surface area contributed by atoms with E-state index in [0.717, 1.165) is 24.4 Å². The highest BCUT2D eigenvalue weighted by molar-refractivity contribution is 7.99. The Morgan fingerprint density at radius 2 is 2.00 bits per heavy atom. The van der Waals surface area contributed by atoms with Gasteiger partial charge in [0.1, 0.15) is 0 Å². The van der Waals surface area contributed by atoms with Crippen LogP contribution in [0.25, 0.3) is 11.5 Å². The molecule has 0 spiro atoms. The normalized spacial score (nSPS) is 14.8. The van der Waals surface area contributed by atoms with E-state index in [-0.39, 0.29) is 11.7 Å². The minimum atomic E-state index is 0.00247. The molecule has 1 amide bonds. The van der Waals surface area contributed by atoms with Gasteiger partial charge < -0.3 is 9.73 Å². The fourth-order valence-corrected chi connectivity index (χ4v) is 3.79. The van der Waals surface area contributed by atoms with Gasteiger partial charge in [-0.3, -0.25) is 4.79 Å². The maximum atomic E-state index is 11.9. The van der Waals surface area contributed by atoms with Gasteiger partial charge in [-0.15, -0.1) is 10.2 Å². The Hall–Kier alpha value is -1.53. The Bertz CT molecular complexity index is 684. The first-order valence-corrected chi connectivity index (χ1v) is 10.1. The number of carbonyl (C=O) groups excluding carboxylic acids is 1. The number of aromatic nitrogens is 2. The summed E-state index contributed by atoms with van der Waals surface area (Å²) in [5.74, 6) is 1.58. The predicted molar refractivity (Wildman–Crippen MR) is 99.7 cm³/mol. The topological polar surface area (TPSA) is 68.0 Å². The maximum Gasteiger partial charge on any atom is 0.277 e. The van der Waals surface area contributed by atoms with Crippen LogP contribution in [0.4, 0.5) is 0 Å². The van der Waals surface area contributed by atoms with Crippen LogP contribution >= 0.6 is 23.4 Å². The van der Waals surface area contributed by atoms with Gasteiger partial charge in [-0.2, -0.15) is 0 Å². The van der Waals surface area contributed by atoms with Gasteiger partial charge in [-0.25, -0.2) is 0 Å². The molecule has 1 heterocycles. The van der Waals surface area contributed by atoms with Crippen molar-refractivity contribution in [3.8, 4) is 11.5 Å². The van der Waals surface area contributed by atoms with Gasteiger partial charge in [0.2, 0.25) is 11.8 Å². The third kappa shape index (κ3) is 5.75. The Labute approximate surface area is 156 Å². The lowest BCUT2D eigenvalue weighted by molar-refractivity contribution is -0.118. The maximum absolute atomic E-state index is 11.9. The zero-order valence-electron chi connectivity index (χ0n) is 14.0. The summed E-state index contributed by atoms with van der Waals surface area (Å²) in [4.78, 5) is 11.9. The molecule has 1 aromatic carbocycles. The van der Waals surface area contributed by atoms with Crippen molar-refractivity contribution in [1.29, 1.82) is 0 Å². The number of rotatable bonds is 8. The third-order valence-corrected chi connectivity index (χ3v) is 5.48. The van der Waals surface area contributed by atoms with Crippen molar-refractivity contribution < 1.29 is 9.21 Å². The Kier molecular flexibility index (Phi) is 6.76. The number of carbonyl (C=O) groups is 1. The highest BCUT2D eigenvalue weighted by atomic mass is 35.5. The van der Waals surface area contributed by atoms with Crippen LogP contribution < -0.4 is 5.32 Å². The van der Waals surface area contributed by atoms with Crippen molar-refractivity contribution in [2.75, 3.05) is 12.3 Å². The molecule has 25 heavy (non-hydrogen) atoms. The van der Waals surface area contributed by atoms with E-state index < -0.39 is 0 Å². The lowest BCUT2D eigenvalue weighted by atomic mass is 10.0. The van der Waals surface area contributed by atoms with E-state index in [4.69, 9.17) is 16.0 Å². The van der Waals surface area contributed by atoms with E-state index >= 15 is 0 Å². The molecule has 2 aromatic rings. The third-order valence-electron chi connectivity index (χ3n) is 4.41. The van der Waals surface area contributed by atoms with Crippen LogP contribution in [0, 0.1) is 5.92 Å². The summed E-state index contributed by atoms with van der Waals surface area (Å²) in [5.41, 5.74) is 0.806. The first kappa shape index (κ1) is 18.3. The van der Waals surface area contributed by atoms with Crippen LogP contribution in [0.5, 0.6) is 0 Å².